The van der Waals surface area contributed by atoms with Crippen molar-refractivity contribution in [3.05, 3.63) is 30.3 Å². The molecule has 28 heavy (non-hydrogen) atoms. The minimum atomic E-state index is 0. The van der Waals surface area contributed by atoms with Gasteiger partial charge in [-0.1, -0.05) is 25.1 Å². The molecule has 2 aliphatic rings. The van der Waals surface area contributed by atoms with Crippen LogP contribution in [0.2, 0.25) is 0 Å². The Kier molecular flexibility index (Phi) is 10.8. The normalized spacial score (nSPS) is 24.4. The Bertz CT molecular complexity index is 593. The van der Waals surface area contributed by atoms with E-state index < -0.39 is 0 Å². The summed E-state index contributed by atoms with van der Waals surface area (Å²) < 4.78 is 5.56. The van der Waals surface area contributed by atoms with Crippen molar-refractivity contribution in [1.29, 1.82) is 0 Å². The first-order valence-corrected chi connectivity index (χ1v) is 11.8. The summed E-state index contributed by atoms with van der Waals surface area (Å²) >= 11 is 3.96. The van der Waals surface area contributed by atoms with Crippen molar-refractivity contribution >= 4 is 53.5 Å². The molecule has 1 aromatic rings. The van der Waals surface area contributed by atoms with Gasteiger partial charge in [-0.15, -0.1) is 35.7 Å². The second kappa shape index (κ2) is 12.5. The van der Waals surface area contributed by atoms with E-state index in [1.165, 1.54) is 22.8 Å². The van der Waals surface area contributed by atoms with Crippen LogP contribution in [0.25, 0.3) is 0 Å². The first kappa shape index (κ1) is 24.1. The van der Waals surface area contributed by atoms with Crippen molar-refractivity contribution in [2.75, 3.05) is 57.9 Å². The summed E-state index contributed by atoms with van der Waals surface area (Å²) in [5.41, 5.74) is 0.233. The van der Waals surface area contributed by atoms with Crippen LogP contribution in [0.4, 0.5) is 0 Å². The highest BCUT2D eigenvalue weighted by molar-refractivity contribution is 14.0. The molecule has 2 fully saturated rings. The molecule has 2 N–H and O–H groups in total. The molecular weight excluding hydrogens is 503 g/mol. The number of benzene rings is 1. The molecule has 3 rings (SSSR count). The predicted molar refractivity (Wildman–Crippen MR) is 134 cm³/mol. The molecular formula is C20H33IN4OS2. The number of ether oxygens (including phenoxy) is 1. The van der Waals surface area contributed by atoms with Crippen LogP contribution in [0, 0.1) is 0 Å². The van der Waals surface area contributed by atoms with Crippen molar-refractivity contribution in [3.63, 3.8) is 0 Å². The molecule has 1 aromatic carbocycles. The van der Waals surface area contributed by atoms with Crippen molar-refractivity contribution in [2.45, 2.75) is 29.0 Å². The van der Waals surface area contributed by atoms with Crippen molar-refractivity contribution in [2.24, 2.45) is 4.99 Å². The third-order valence-electron chi connectivity index (χ3n) is 5.21. The number of nitrogens with one attached hydrogen (secondary N) is 2. The van der Waals surface area contributed by atoms with E-state index in [2.05, 4.69) is 69.5 Å². The molecule has 5 nitrogen and oxygen atoms in total. The number of guanidine groups is 1. The fourth-order valence-electron chi connectivity index (χ4n) is 3.62. The molecule has 2 saturated heterocycles. The highest BCUT2D eigenvalue weighted by atomic mass is 127. The van der Waals surface area contributed by atoms with Gasteiger partial charge < -0.3 is 15.4 Å². The van der Waals surface area contributed by atoms with E-state index >= 15 is 0 Å². The van der Waals surface area contributed by atoms with Crippen LogP contribution in [0.5, 0.6) is 0 Å². The predicted octanol–water partition coefficient (Wildman–Crippen LogP) is 3.16. The summed E-state index contributed by atoms with van der Waals surface area (Å²) in [5.74, 6) is 3.34. The number of nitrogens with zero attached hydrogens (tertiary/aromatic N) is 2. The van der Waals surface area contributed by atoms with Gasteiger partial charge in [0.1, 0.15) is 0 Å². The van der Waals surface area contributed by atoms with Gasteiger partial charge in [-0.05, 0) is 24.3 Å². The summed E-state index contributed by atoms with van der Waals surface area (Å²) in [4.78, 5) is 8.38. The van der Waals surface area contributed by atoms with Gasteiger partial charge in [0.2, 0.25) is 0 Å². The van der Waals surface area contributed by atoms with Crippen molar-refractivity contribution in [3.8, 4) is 0 Å². The van der Waals surface area contributed by atoms with E-state index in [9.17, 15) is 0 Å². The third-order valence-corrected chi connectivity index (χ3v) is 7.56. The average molecular weight is 537 g/mol. The summed E-state index contributed by atoms with van der Waals surface area (Å²) in [6.45, 7) is 7.87. The molecule has 2 atom stereocenters. The minimum Gasteiger partial charge on any atom is -0.379 e. The monoisotopic (exact) mass is 536 g/mol. The van der Waals surface area contributed by atoms with E-state index in [1.807, 2.05) is 18.8 Å². The van der Waals surface area contributed by atoms with E-state index in [0.29, 0.717) is 5.25 Å². The van der Waals surface area contributed by atoms with Gasteiger partial charge in [0.15, 0.2) is 5.96 Å². The largest absolute Gasteiger partial charge is 0.379 e. The van der Waals surface area contributed by atoms with Gasteiger partial charge in [0, 0.05) is 54.7 Å². The van der Waals surface area contributed by atoms with Crippen molar-refractivity contribution < 1.29 is 4.74 Å². The SMILES string of the molecule is CN=C(NCC(C)Sc1ccccc1)NCC1(N2CCOCC2)CCSC1.I. The lowest BCUT2D eigenvalue weighted by Gasteiger charge is -2.43. The topological polar surface area (TPSA) is 48.9 Å². The summed E-state index contributed by atoms with van der Waals surface area (Å²) in [7, 11) is 1.86. The standard InChI is InChI=1S/C20H32N4OS2.HI/c1-17(27-18-6-4-3-5-7-18)14-22-19(21-2)23-15-20(8-13-26-16-20)24-9-11-25-12-10-24;/h3-7,17H,8-16H2,1-2H3,(H2,21,22,23);1H. The van der Waals surface area contributed by atoms with Crippen LogP contribution >= 0.6 is 47.5 Å². The first-order valence-electron chi connectivity index (χ1n) is 9.79. The number of morpholine rings is 1. The maximum atomic E-state index is 5.56. The maximum Gasteiger partial charge on any atom is 0.191 e. The molecule has 0 amide bonds. The van der Waals surface area contributed by atoms with Gasteiger partial charge in [-0.2, -0.15) is 11.8 Å². The number of halogens is 1. The minimum absolute atomic E-state index is 0. The molecule has 8 heteroatoms. The van der Waals surface area contributed by atoms with Crippen LogP contribution in [0.1, 0.15) is 13.3 Å². The average Bonchev–Trinajstić information content (AvgIpc) is 3.20. The second-order valence-corrected chi connectivity index (χ2v) is 9.79. The van der Waals surface area contributed by atoms with E-state index in [-0.39, 0.29) is 29.5 Å². The third kappa shape index (κ3) is 6.97. The molecule has 2 heterocycles. The summed E-state index contributed by atoms with van der Waals surface area (Å²) in [5, 5.41) is 7.58. The van der Waals surface area contributed by atoms with Gasteiger partial charge >= 0.3 is 0 Å². The summed E-state index contributed by atoms with van der Waals surface area (Å²) in [6.07, 6.45) is 1.24. The highest BCUT2D eigenvalue weighted by Crippen LogP contribution is 2.33. The Morgan fingerprint density at radius 2 is 2.04 bits per heavy atom. The number of thioether (sulfide) groups is 2. The maximum absolute atomic E-state index is 5.56. The molecule has 158 valence electrons. The quantitative estimate of drug-likeness (QED) is 0.242. The van der Waals surface area contributed by atoms with Crippen LogP contribution in [-0.2, 0) is 4.74 Å². The zero-order valence-corrected chi connectivity index (χ0v) is 20.8. The summed E-state index contributed by atoms with van der Waals surface area (Å²) in [6, 6.07) is 10.6. The number of aliphatic imine (C=N–C) groups is 1. The van der Waals surface area contributed by atoms with E-state index in [1.54, 1.807) is 0 Å². The lowest BCUT2D eigenvalue weighted by atomic mass is 9.95. The fourth-order valence-corrected chi connectivity index (χ4v) is 6.04. The Labute approximate surface area is 195 Å². The fraction of sp³-hybridized carbons (Fsp3) is 0.650. The molecule has 0 aromatic heterocycles. The van der Waals surface area contributed by atoms with Crippen LogP contribution in [0.3, 0.4) is 0 Å². The number of rotatable bonds is 7. The zero-order chi connectivity index (χ0) is 19.0. The molecule has 0 aliphatic carbocycles. The Morgan fingerprint density at radius 3 is 2.68 bits per heavy atom. The highest BCUT2D eigenvalue weighted by Gasteiger charge is 2.40. The Morgan fingerprint density at radius 1 is 1.29 bits per heavy atom. The molecule has 0 saturated carbocycles. The number of hydrogen-bond donors (Lipinski definition) is 2. The number of hydrogen-bond acceptors (Lipinski definition) is 5. The lowest BCUT2D eigenvalue weighted by Crippen LogP contribution is -2.60. The van der Waals surface area contributed by atoms with Crippen LogP contribution in [0.15, 0.2) is 40.2 Å². The van der Waals surface area contributed by atoms with Crippen LogP contribution in [-0.4, -0.2) is 79.6 Å². The van der Waals surface area contributed by atoms with Crippen molar-refractivity contribution in [1.82, 2.24) is 15.5 Å². The second-order valence-electron chi connectivity index (χ2n) is 7.17. The van der Waals surface area contributed by atoms with Gasteiger partial charge in [0.05, 0.1) is 13.2 Å². The van der Waals surface area contributed by atoms with E-state index in [4.69, 9.17) is 4.74 Å². The Balaban J connectivity index is 0.00000280. The lowest BCUT2D eigenvalue weighted by molar-refractivity contribution is -0.0120. The van der Waals surface area contributed by atoms with Gasteiger partial charge in [-0.25, -0.2) is 0 Å². The molecule has 0 radical (unpaired) electrons. The molecule has 0 bridgehead atoms. The van der Waals surface area contributed by atoms with Gasteiger partial charge in [0.25, 0.3) is 0 Å². The smallest absolute Gasteiger partial charge is 0.191 e. The first-order chi connectivity index (χ1) is 13.2. The molecule has 2 unspecified atom stereocenters. The molecule has 2 aliphatic heterocycles. The van der Waals surface area contributed by atoms with Gasteiger partial charge in [-0.3, -0.25) is 9.89 Å². The molecule has 0 spiro atoms. The zero-order valence-electron chi connectivity index (χ0n) is 16.9. The Hall–Kier alpha value is -0.160. The van der Waals surface area contributed by atoms with Crippen LogP contribution < -0.4 is 10.6 Å². The van der Waals surface area contributed by atoms with E-state index in [0.717, 1.165) is 45.4 Å².